The van der Waals surface area contributed by atoms with Crippen LogP contribution in [-0.2, 0) is 4.79 Å². The lowest BCUT2D eigenvalue weighted by Crippen LogP contribution is -2.31. The maximum atomic E-state index is 11.8. The molecule has 0 bridgehead atoms. The first-order chi connectivity index (χ1) is 7.51. The van der Waals surface area contributed by atoms with E-state index in [1.54, 1.807) is 0 Å². The quantitative estimate of drug-likeness (QED) is 0.698. The number of aliphatic hydroxyl groups is 1. The van der Waals surface area contributed by atoms with E-state index in [0.717, 1.165) is 32.2 Å². The van der Waals surface area contributed by atoms with Gasteiger partial charge in [0.15, 0.2) is 0 Å². The summed E-state index contributed by atoms with van der Waals surface area (Å²) in [5, 5.41) is 11.9. The Bertz CT molecular complexity index is 232. The number of carbonyl (C=O) groups is 1. The molecule has 1 amide bonds. The SMILES string of the molecule is CCCC(CCO)CNC(=O)C1CC1(C)C. The first kappa shape index (κ1) is 13.5. The second-order valence-electron chi connectivity index (χ2n) is 5.66. The highest BCUT2D eigenvalue weighted by molar-refractivity contribution is 5.82. The molecule has 1 saturated carbocycles. The van der Waals surface area contributed by atoms with Crippen molar-refractivity contribution in [2.45, 2.75) is 46.5 Å². The number of aliphatic hydroxyl groups excluding tert-OH is 1. The number of carbonyl (C=O) groups excluding carboxylic acids is 1. The topological polar surface area (TPSA) is 49.3 Å². The predicted octanol–water partition coefficient (Wildman–Crippen LogP) is 1.95. The van der Waals surface area contributed by atoms with Gasteiger partial charge < -0.3 is 10.4 Å². The number of hydrogen-bond acceptors (Lipinski definition) is 2. The van der Waals surface area contributed by atoms with Crippen molar-refractivity contribution in [3.05, 3.63) is 0 Å². The van der Waals surface area contributed by atoms with Gasteiger partial charge in [-0.05, 0) is 30.6 Å². The van der Waals surface area contributed by atoms with Crippen LogP contribution in [0.3, 0.4) is 0 Å². The molecule has 0 radical (unpaired) electrons. The molecule has 1 fully saturated rings. The van der Waals surface area contributed by atoms with Crippen LogP contribution in [0.1, 0.15) is 46.5 Å². The number of rotatable bonds is 7. The van der Waals surface area contributed by atoms with E-state index in [0.29, 0.717) is 5.92 Å². The minimum Gasteiger partial charge on any atom is -0.396 e. The largest absolute Gasteiger partial charge is 0.396 e. The van der Waals surface area contributed by atoms with Crippen molar-refractivity contribution in [1.82, 2.24) is 5.32 Å². The lowest BCUT2D eigenvalue weighted by molar-refractivity contribution is -0.123. The normalized spacial score (nSPS) is 23.9. The molecule has 0 heterocycles. The minimum atomic E-state index is 0.198. The van der Waals surface area contributed by atoms with Crippen LogP contribution < -0.4 is 5.32 Å². The fourth-order valence-electron chi connectivity index (χ4n) is 2.22. The first-order valence-corrected chi connectivity index (χ1v) is 6.39. The van der Waals surface area contributed by atoms with Gasteiger partial charge >= 0.3 is 0 Å². The third-order valence-electron chi connectivity index (χ3n) is 3.63. The summed E-state index contributed by atoms with van der Waals surface area (Å²) in [6.07, 6.45) is 3.99. The molecule has 0 aromatic carbocycles. The zero-order chi connectivity index (χ0) is 12.2. The second kappa shape index (κ2) is 5.67. The van der Waals surface area contributed by atoms with Crippen LogP contribution in [0.5, 0.6) is 0 Å². The minimum absolute atomic E-state index is 0.198. The molecule has 0 aromatic heterocycles. The van der Waals surface area contributed by atoms with E-state index in [1.807, 2.05) is 0 Å². The van der Waals surface area contributed by atoms with Crippen molar-refractivity contribution < 1.29 is 9.90 Å². The lowest BCUT2D eigenvalue weighted by atomic mass is 10.00. The van der Waals surface area contributed by atoms with Gasteiger partial charge in [0.2, 0.25) is 5.91 Å². The molecule has 0 spiro atoms. The highest BCUT2D eigenvalue weighted by Gasteiger charge is 2.50. The fraction of sp³-hybridized carbons (Fsp3) is 0.923. The Morgan fingerprint density at radius 1 is 1.50 bits per heavy atom. The van der Waals surface area contributed by atoms with Crippen molar-refractivity contribution in [1.29, 1.82) is 0 Å². The molecular weight excluding hydrogens is 202 g/mol. The summed E-state index contributed by atoms with van der Waals surface area (Å²) in [6, 6.07) is 0. The van der Waals surface area contributed by atoms with Crippen LogP contribution in [-0.4, -0.2) is 24.2 Å². The lowest BCUT2D eigenvalue weighted by Gasteiger charge is -2.16. The molecule has 2 atom stereocenters. The maximum absolute atomic E-state index is 11.8. The van der Waals surface area contributed by atoms with Crippen LogP contribution >= 0.6 is 0 Å². The molecule has 3 heteroatoms. The van der Waals surface area contributed by atoms with Gasteiger partial charge in [0.1, 0.15) is 0 Å². The smallest absolute Gasteiger partial charge is 0.223 e. The molecule has 16 heavy (non-hydrogen) atoms. The third kappa shape index (κ3) is 3.78. The zero-order valence-corrected chi connectivity index (χ0v) is 10.8. The van der Waals surface area contributed by atoms with Gasteiger partial charge in [0, 0.05) is 19.1 Å². The van der Waals surface area contributed by atoms with Crippen LogP contribution in [0.2, 0.25) is 0 Å². The molecule has 1 rings (SSSR count). The number of hydrogen-bond donors (Lipinski definition) is 2. The van der Waals surface area contributed by atoms with Gasteiger partial charge in [-0.3, -0.25) is 4.79 Å². The van der Waals surface area contributed by atoms with Gasteiger partial charge in [-0.1, -0.05) is 27.2 Å². The van der Waals surface area contributed by atoms with Crippen molar-refractivity contribution in [3.8, 4) is 0 Å². The van der Waals surface area contributed by atoms with Crippen LogP contribution in [0.15, 0.2) is 0 Å². The molecule has 1 aliphatic rings. The van der Waals surface area contributed by atoms with E-state index in [9.17, 15) is 4.79 Å². The number of amides is 1. The third-order valence-corrected chi connectivity index (χ3v) is 3.63. The van der Waals surface area contributed by atoms with Gasteiger partial charge in [0.25, 0.3) is 0 Å². The first-order valence-electron chi connectivity index (χ1n) is 6.39. The Kier molecular flexibility index (Phi) is 4.78. The van der Waals surface area contributed by atoms with Crippen molar-refractivity contribution in [2.24, 2.45) is 17.3 Å². The Hall–Kier alpha value is -0.570. The van der Waals surface area contributed by atoms with E-state index < -0.39 is 0 Å². The van der Waals surface area contributed by atoms with E-state index in [-0.39, 0.29) is 23.8 Å². The molecule has 94 valence electrons. The average molecular weight is 227 g/mol. The molecule has 2 unspecified atom stereocenters. The summed E-state index contributed by atoms with van der Waals surface area (Å²) in [4.78, 5) is 11.8. The van der Waals surface area contributed by atoms with Crippen LogP contribution in [0.25, 0.3) is 0 Å². The van der Waals surface area contributed by atoms with E-state index in [2.05, 4.69) is 26.1 Å². The van der Waals surface area contributed by atoms with E-state index >= 15 is 0 Å². The molecule has 0 saturated heterocycles. The van der Waals surface area contributed by atoms with Gasteiger partial charge in [-0.15, -0.1) is 0 Å². The molecule has 1 aliphatic carbocycles. The van der Waals surface area contributed by atoms with E-state index in [4.69, 9.17) is 5.11 Å². The molecular formula is C13H25NO2. The van der Waals surface area contributed by atoms with Crippen LogP contribution in [0.4, 0.5) is 0 Å². The highest BCUT2D eigenvalue weighted by atomic mass is 16.3. The van der Waals surface area contributed by atoms with Crippen LogP contribution in [0, 0.1) is 17.3 Å². The zero-order valence-electron chi connectivity index (χ0n) is 10.8. The van der Waals surface area contributed by atoms with Gasteiger partial charge in [-0.25, -0.2) is 0 Å². The highest BCUT2D eigenvalue weighted by Crippen LogP contribution is 2.51. The van der Waals surface area contributed by atoms with Crippen molar-refractivity contribution >= 4 is 5.91 Å². The molecule has 2 N–H and O–H groups in total. The Labute approximate surface area is 98.6 Å². The Morgan fingerprint density at radius 2 is 2.12 bits per heavy atom. The van der Waals surface area contributed by atoms with Gasteiger partial charge in [0.05, 0.1) is 0 Å². The summed E-state index contributed by atoms with van der Waals surface area (Å²) in [5.74, 6) is 0.841. The monoisotopic (exact) mass is 227 g/mol. The average Bonchev–Trinajstić information content (AvgIpc) is 2.85. The van der Waals surface area contributed by atoms with E-state index in [1.165, 1.54) is 0 Å². The number of nitrogens with one attached hydrogen (secondary N) is 1. The summed E-state index contributed by atoms with van der Waals surface area (Å²) >= 11 is 0. The summed E-state index contributed by atoms with van der Waals surface area (Å²) in [7, 11) is 0. The molecule has 0 aliphatic heterocycles. The molecule has 0 aromatic rings. The van der Waals surface area contributed by atoms with Gasteiger partial charge in [-0.2, -0.15) is 0 Å². The Balaban J connectivity index is 2.24. The van der Waals surface area contributed by atoms with Crippen molar-refractivity contribution in [3.63, 3.8) is 0 Å². The summed E-state index contributed by atoms with van der Waals surface area (Å²) < 4.78 is 0. The van der Waals surface area contributed by atoms with Crippen molar-refractivity contribution in [2.75, 3.05) is 13.2 Å². The molecule has 3 nitrogen and oxygen atoms in total. The maximum Gasteiger partial charge on any atom is 0.223 e. The summed E-state index contributed by atoms with van der Waals surface area (Å²) in [5.41, 5.74) is 0.210. The predicted molar refractivity (Wildman–Crippen MR) is 65.0 cm³/mol. The summed E-state index contributed by atoms with van der Waals surface area (Å²) in [6.45, 7) is 7.34. The second-order valence-corrected chi connectivity index (χ2v) is 5.66. The fourth-order valence-corrected chi connectivity index (χ4v) is 2.22. The Morgan fingerprint density at radius 3 is 2.56 bits per heavy atom. The standard InChI is InChI=1S/C13H25NO2/c1-4-5-10(6-7-15)9-14-12(16)11-8-13(11,2)3/h10-11,15H,4-9H2,1-3H3,(H,14,16).